The van der Waals surface area contributed by atoms with Gasteiger partial charge in [-0.05, 0) is 26.5 Å². The number of hydrogen-bond acceptors (Lipinski definition) is 4. The fraction of sp³-hybridized carbons (Fsp3) is 0.786. The lowest BCUT2D eigenvalue weighted by Gasteiger charge is -2.30. The van der Waals surface area contributed by atoms with Gasteiger partial charge >= 0.3 is 0 Å². The number of likely N-dealkylation sites (N-methyl/N-ethyl adjacent to an activating group) is 1. The Morgan fingerprint density at radius 1 is 1.47 bits per heavy atom. The van der Waals surface area contributed by atoms with Gasteiger partial charge in [0.1, 0.15) is 0 Å². The molecule has 5 heteroatoms. The second kappa shape index (κ2) is 7.60. The molecular weight excluding hydrogens is 274 g/mol. The monoisotopic (exact) mass is 299 g/mol. The maximum atomic E-state index is 4.56. The average Bonchev–Trinajstić information content (AvgIpc) is 2.79. The molecule has 1 aliphatic heterocycles. The zero-order valence-corrected chi connectivity index (χ0v) is 13.8. The predicted molar refractivity (Wildman–Crippen MR) is 87.4 cm³/mol. The molecule has 1 aromatic heterocycles. The molecule has 2 atom stereocenters. The fourth-order valence-corrected chi connectivity index (χ4v) is 5.49. The second-order valence-electron chi connectivity index (χ2n) is 4.95. The molecule has 3 nitrogen and oxygen atoms in total. The number of nitrogens with zero attached hydrogens (tertiary/aromatic N) is 2. The molecule has 1 aliphatic rings. The van der Waals surface area contributed by atoms with E-state index in [1.165, 1.54) is 23.0 Å². The largest absolute Gasteiger partial charge is 0.313 e. The molecule has 1 fully saturated rings. The van der Waals surface area contributed by atoms with Crippen molar-refractivity contribution >= 4 is 23.5 Å². The van der Waals surface area contributed by atoms with E-state index >= 15 is 0 Å². The summed E-state index contributed by atoms with van der Waals surface area (Å²) in [6.07, 6.45) is 1.10. The first-order valence-electron chi connectivity index (χ1n) is 7.20. The van der Waals surface area contributed by atoms with Crippen LogP contribution in [0.1, 0.15) is 25.2 Å². The minimum Gasteiger partial charge on any atom is -0.313 e. The minimum absolute atomic E-state index is 0.573. The van der Waals surface area contributed by atoms with Crippen molar-refractivity contribution in [1.82, 2.24) is 15.1 Å². The summed E-state index contributed by atoms with van der Waals surface area (Å²) in [6, 6.07) is 2.82. The van der Waals surface area contributed by atoms with E-state index in [1.807, 2.05) is 0 Å². The van der Waals surface area contributed by atoms with Crippen molar-refractivity contribution in [3.63, 3.8) is 0 Å². The average molecular weight is 300 g/mol. The summed E-state index contributed by atoms with van der Waals surface area (Å²) in [5.41, 5.74) is 2.51. The SMILES string of the molecule is CCNC(Cc1cc(C)nn1CC)C1CSCCS1. The Labute approximate surface area is 125 Å². The van der Waals surface area contributed by atoms with E-state index in [2.05, 4.69) is 65.5 Å². The zero-order valence-electron chi connectivity index (χ0n) is 12.2. The number of hydrogen-bond donors (Lipinski definition) is 1. The predicted octanol–water partition coefficient (Wildman–Crippen LogP) is 2.58. The van der Waals surface area contributed by atoms with E-state index in [0.29, 0.717) is 6.04 Å². The van der Waals surface area contributed by atoms with E-state index in [0.717, 1.165) is 30.5 Å². The van der Waals surface area contributed by atoms with Crippen molar-refractivity contribution in [2.75, 3.05) is 23.8 Å². The molecule has 0 aliphatic carbocycles. The second-order valence-corrected chi connectivity index (χ2v) is 7.44. The first-order chi connectivity index (χ1) is 9.24. The summed E-state index contributed by atoms with van der Waals surface area (Å²) in [5, 5.41) is 8.99. The normalized spacial score (nSPS) is 21.5. The molecule has 19 heavy (non-hydrogen) atoms. The van der Waals surface area contributed by atoms with Gasteiger partial charge in [-0.2, -0.15) is 28.6 Å². The van der Waals surface area contributed by atoms with Crippen LogP contribution in [0.5, 0.6) is 0 Å². The molecular formula is C14H25N3S2. The van der Waals surface area contributed by atoms with Gasteiger partial charge in [-0.3, -0.25) is 4.68 Å². The summed E-state index contributed by atoms with van der Waals surface area (Å²) in [4.78, 5) is 0. The molecule has 2 unspecified atom stereocenters. The van der Waals surface area contributed by atoms with Gasteiger partial charge in [-0.15, -0.1) is 0 Å². The van der Waals surface area contributed by atoms with Gasteiger partial charge in [-0.1, -0.05) is 6.92 Å². The number of nitrogens with one attached hydrogen (secondary N) is 1. The molecule has 2 rings (SSSR count). The maximum absolute atomic E-state index is 4.56. The molecule has 0 aromatic carbocycles. The number of thioether (sulfide) groups is 2. The minimum atomic E-state index is 0.573. The fourth-order valence-electron chi connectivity index (χ4n) is 2.60. The van der Waals surface area contributed by atoms with E-state index in [9.17, 15) is 0 Å². The van der Waals surface area contributed by atoms with Crippen LogP contribution in [-0.2, 0) is 13.0 Å². The van der Waals surface area contributed by atoms with Crippen LogP contribution in [0.4, 0.5) is 0 Å². The quantitative estimate of drug-likeness (QED) is 0.874. The van der Waals surface area contributed by atoms with Gasteiger partial charge in [0, 0.05) is 47.2 Å². The van der Waals surface area contributed by atoms with Crippen LogP contribution in [0.15, 0.2) is 6.07 Å². The number of aromatic nitrogens is 2. The molecule has 1 saturated heterocycles. The highest BCUT2D eigenvalue weighted by Gasteiger charge is 2.25. The molecule has 0 saturated carbocycles. The Hall–Kier alpha value is -0.130. The number of rotatable bonds is 6. The molecule has 0 radical (unpaired) electrons. The lowest BCUT2D eigenvalue weighted by Crippen LogP contribution is -2.43. The Morgan fingerprint density at radius 2 is 2.32 bits per heavy atom. The summed E-state index contributed by atoms with van der Waals surface area (Å²) < 4.78 is 2.15. The highest BCUT2D eigenvalue weighted by molar-refractivity contribution is 8.06. The lowest BCUT2D eigenvalue weighted by atomic mass is 10.1. The first kappa shape index (κ1) is 15.3. The van der Waals surface area contributed by atoms with Gasteiger partial charge in [0.05, 0.1) is 5.69 Å². The van der Waals surface area contributed by atoms with E-state index < -0.39 is 0 Å². The molecule has 108 valence electrons. The maximum Gasteiger partial charge on any atom is 0.0596 e. The third kappa shape index (κ3) is 4.17. The molecule has 0 bridgehead atoms. The number of aryl methyl sites for hydroxylation is 2. The van der Waals surface area contributed by atoms with Crippen LogP contribution in [0.3, 0.4) is 0 Å². The highest BCUT2D eigenvalue weighted by Crippen LogP contribution is 2.28. The molecule has 1 aromatic rings. The highest BCUT2D eigenvalue weighted by atomic mass is 32.2. The van der Waals surface area contributed by atoms with Crippen LogP contribution in [-0.4, -0.2) is 44.9 Å². The first-order valence-corrected chi connectivity index (χ1v) is 9.41. The smallest absolute Gasteiger partial charge is 0.0596 e. The van der Waals surface area contributed by atoms with Crippen LogP contribution in [0.25, 0.3) is 0 Å². The van der Waals surface area contributed by atoms with E-state index in [1.54, 1.807) is 0 Å². The summed E-state index contributed by atoms with van der Waals surface area (Å²) in [6.45, 7) is 8.47. The van der Waals surface area contributed by atoms with Crippen LogP contribution in [0, 0.1) is 6.92 Å². The van der Waals surface area contributed by atoms with Crippen LogP contribution >= 0.6 is 23.5 Å². The van der Waals surface area contributed by atoms with Crippen molar-refractivity contribution in [3.05, 3.63) is 17.5 Å². The standard InChI is InChI=1S/C14H25N3S2/c1-4-15-13(14-10-18-6-7-19-14)9-12-8-11(3)16-17(12)5-2/h8,13-15H,4-7,9-10H2,1-3H3. The Balaban J connectivity index is 2.06. The van der Waals surface area contributed by atoms with Gasteiger partial charge in [0.25, 0.3) is 0 Å². The molecule has 0 spiro atoms. The van der Waals surface area contributed by atoms with E-state index in [-0.39, 0.29) is 0 Å². The van der Waals surface area contributed by atoms with Gasteiger partial charge < -0.3 is 5.32 Å². The van der Waals surface area contributed by atoms with Crippen LogP contribution in [0.2, 0.25) is 0 Å². The molecule has 0 amide bonds. The Bertz CT molecular complexity index is 386. The van der Waals surface area contributed by atoms with Gasteiger partial charge in [0.2, 0.25) is 0 Å². The van der Waals surface area contributed by atoms with Crippen molar-refractivity contribution in [2.24, 2.45) is 0 Å². The van der Waals surface area contributed by atoms with Gasteiger partial charge in [0.15, 0.2) is 0 Å². The van der Waals surface area contributed by atoms with Crippen molar-refractivity contribution in [1.29, 1.82) is 0 Å². The summed E-state index contributed by atoms with van der Waals surface area (Å²) >= 11 is 4.24. The summed E-state index contributed by atoms with van der Waals surface area (Å²) in [7, 11) is 0. The van der Waals surface area contributed by atoms with Gasteiger partial charge in [-0.25, -0.2) is 0 Å². The van der Waals surface area contributed by atoms with Crippen LogP contribution < -0.4 is 5.32 Å². The Morgan fingerprint density at radius 3 is 2.95 bits per heavy atom. The van der Waals surface area contributed by atoms with E-state index in [4.69, 9.17) is 0 Å². The van der Waals surface area contributed by atoms with Crippen molar-refractivity contribution < 1.29 is 0 Å². The third-order valence-corrected chi connectivity index (χ3v) is 6.39. The third-order valence-electron chi connectivity index (χ3n) is 3.47. The van der Waals surface area contributed by atoms with Crippen molar-refractivity contribution in [3.8, 4) is 0 Å². The molecule has 1 N–H and O–H groups in total. The van der Waals surface area contributed by atoms with Crippen molar-refractivity contribution in [2.45, 2.75) is 45.0 Å². The lowest BCUT2D eigenvalue weighted by molar-refractivity contribution is 0.496. The molecule has 2 heterocycles. The Kier molecular flexibility index (Phi) is 6.10. The topological polar surface area (TPSA) is 29.9 Å². The zero-order chi connectivity index (χ0) is 13.7. The summed E-state index contributed by atoms with van der Waals surface area (Å²) in [5.74, 6) is 3.89.